The Labute approximate surface area is 355 Å². The zero-order valence-electron chi connectivity index (χ0n) is 34.8. The zero-order valence-corrected chi connectivity index (χ0v) is 34.8. The van der Waals surface area contributed by atoms with Gasteiger partial charge in [0.15, 0.2) is 0 Å². The van der Waals surface area contributed by atoms with E-state index in [-0.39, 0.29) is 5.41 Å². The Balaban J connectivity index is 0.937. The summed E-state index contributed by atoms with van der Waals surface area (Å²) in [7, 11) is 0. The summed E-state index contributed by atoms with van der Waals surface area (Å²) < 4.78 is 0. The van der Waals surface area contributed by atoms with Crippen LogP contribution >= 0.6 is 0 Å². The molecule has 6 aliphatic rings. The normalized spacial score (nSPS) is 25.6. The lowest BCUT2D eigenvalue weighted by molar-refractivity contribution is -0.198. The zero-order chi connectivity index (χ0) is 39.8. The fraction of sp³-hybridized carbons (Fsp3) is 0.254. The Hall–Kier alpha value is -5.92. The molecule has 0 aromatic heterocycles. The number of anilines is 3. The molecule has 0 N–H and O–H groups in total. The predicted molar refractivity (Wildman–Crippen MR) is 249 cm³/mol. The highest BCUT2D eigenvalue weighted by Gasteiger charge is 2.80. The molecule has 4 saturated carbocycles. The van der Waals surface area contributed by atoms with Crippen LogP contribution < -0.4 is 4.90 Å². The van der Waals surface area contributed by atoms with E-state index < -0.39 is 0 Å². The summed E-state index contributed by atoms with van der Waals surface area (Å²) in [6, 6.07) is 62.6. The molecule has 0 saturated heterocycles. The van der Waals surface area contributed by atoms with Gasteiger partial charge in [0.05, 0.1) is 5.69 Å². The molecule has 7 aromatic carbocycles. The van der Waals surface area contributed by atoms with Crippen molar-refractivity contribution in [2.45, 2.75) is 69.6 Å². The molecule has 4 fully saturated rings. The number of allylic oxidation sites excluding steroid dienone is 1. The molecule has 0 heterocycles. The Bertz CT molecular complexity index is 2900. The topological polar surface area (TPSA) is 3.24 Å². The van der Waals surface area contributed by atoms with Gasteiger partial charge >= 0.3 is 0 Å². The van der Waals surface area contributed by atoms with Crippen LogP contribution in [0.15, 0.2) is 170 Å². The van der Waals surface area contributed by atoms with Crippen LogP contribution in [-0.2, 0) is 17.3 Å². The third kappa shape index (κ3) is 4.70. The van der Waals surface area contributed by atoms with Gasteiger partial charge < -0.3 is 4.90 Å². The number of rotatable bonds is 7. The molecule has 5 unspecified atom stereocenters. The molecule has 13 rings (SSSR count). The van der Waals surface area contributed by atoms with Gasteiger partial charge in [-0.05, 0) is 171 Å². The van der Waals surface area contributed by atoms with Gasteiger partial charge in [0.2, 0.25) is 0 Å². The molecule has 7 aromatic rings. The van der Waals surface area contributed by atoms with Gasteiger partial charge in [-0.1, -0.05) is 147 Å². The molecule has 1 heteroatoms. The molecule has 6 aliphatic carbocycles. The predicted octanol–water partition coefficient (Wildman–Crippen LogP) is 15.3. The Morgan fingerprint density at radius 1 is 0.500 bits per heavy atom. The minimum Gasteiger partial charge on any atom is -0.310 e. The quantitative estimate of drug-likeness (QED) is 0.156. The SMILES string of the molecule is CC1(C)c2ccccc2-c2ccc(N(c3ccc(C4=CCCc5ccccc54)cc3)c3ccc(-c4ccc(C56CC7CC8CC(C5)C86C7)cc4)cc3-c3ccccc3)cc21. The highest BCUT2D eigenvalue weighted by molar-refractivity contribution is 5.93. The van der Waals surface area contributed by atoms with E-state index in [0.29, 0.717) is 10.8 Å². The second-order valence-corrected chi connectivity index (χ2v) is 19.7. The molecule has 292 valence electrons. The maximum Gasteiger partial charge on any atom is 0.0540 e. The van der Waals surface area contributed by atoms with Crippen molar-refractivity contribution in [2.75, 3.05) is 4.90 Å². The van der Waals surface area contributed by atoms with Crippen LogP contribution in [0.25, 0.3) is 39.0 Å². The first kappa shape index (κ1) is 34.9. The van der Waals surface area contributed by atoms with Gasteiger partial charge in [0.25, 0.3) is 0 Å². The van der Waals surface area contributed by atoms with Crippen molar-refractivity contribution >= 4 is 22.6 Å². The third-order valence-electron chi connectivity index (χ3n) is 16.8. The highest BCUT2D eigenvalue weighted by atomic mass is 15.1. The lowest BCUT2D eigenvalue weighted by Gasteiger charge is -2.73. The van der Waals surface area contributed by atoms with E-state index in [1.807, 2.05) is 0 Å². The molecule has 5 atom stereocenters. The van der Waals surface area contributed by atoms with E-state index >= 15 is 0 Å². The van der Waals surface area contributed by atoms with Crippen LogP contribution in [0, 0.1) is 23.2 Å². The van der Waals surface area contributed by atoms with Gasteiger partial charge in [-0.3, -0.25) is 0 Å². The second kappa shape index (κ2) is 12.6. The highest BCUT2D eigenvalue weighted by Crippen LogP contribution is 2.86. The maximum atomic E-state index is 2.52. The van der Waals surface area contributed by atoms with Crippen molar-refractivity contribution in [3.8, 4) is 33.4 Å². The number of nitrogens with zero attached hydrogens (tertiary/aromatic N) is 1. The van der Waals surface area contributed by atoms with E-state index in [4.69, 9.17) is 0 Å². The lowest BCUT2D eigenvalue weighted by Crippen LogP contribution is -2.68. The molecular formula is C59H51N. The van der Waals surface area contributed by atoms with Crippen molar-refractivity contribution in [1.29, 1.82) is 0 Å². The summed E-state index contributed by atoms with van der Waals surface area (Å²) in [6.07, 6.45) is 12.0. The average Bonchev–Trinajstić information content (AvgIpc) is 3.88. The molecule has 1 spiro atoms. The van der Waals surface area contributed by atoms with E-state index in [9.17, 15) is 0 Å². The number of hydrogen-bond acceptors (Lipinski definition) is 1. The first-order valence-electron chi connectivity index (χ1n) is 22.7. The van der Waals surface area contributed by atoms with Crippen LogP contribution in [0.3, 0.4) is 0 Å². The van der Waals surface area contributed by atoms with Crippen molar-refractivity contribution in [3.05, 3.63) is 203 Å². The first-order valence-corrected chi connectivity index (χ1v) is 22.7. The number of benzene rings is 7. The van der Waals surface area contributed by atoms with Gasteiger partial charge in [-0.25, -0.2) is 0 Å². The van der Waals surface area contributed by atoms with Crippen LogP contribution in [-0.4, -0.2) is 0 Å². The van der Waals surface area contributed by atoms with Crippen LogP contribution in [0.4, 0.5) is 17.1 Å². The fourth-order valence-electron chi connectivity index (χ4n) is 14.2. The minimum atomic E-state index is -0.103. The van der Waals surface area contributed by atoms with Crippen molar-refractivity contribution in [2.24, 2.45) is 23.2 Å². The average molecular weight is 774 g/mol. The van der Waals surface area contributed by atoms with Crippen molar-refractivity contribution < 1.29 is 0 Å². The Morgan fingerprint density at radius 3 is 2.03 bits per heavy atom. The minimum absolute atomic E-state index is 0.103. The summed E-state index contributed by atoms with van der Waals surface area (Å²) in [6.45, 7) is 4.77. The van der Waals surface area contributed by atoms with E-state index in [1.165, 1.54) is 110 Å². The summed E-state index contributed by atoms with van der Waals surface area (Å²) in [5.41, 5.74) is 22.1. The lowest BCUT2D eigenvalue weighted by atomic mass is 9.31. The Morgan fingerprint density at radius 2 is 1.22 bits per heavy atom. The van der Waals surface area contributed by atoms with Crippen LogP contribution in [0.2, 0.25) is 0 Å². The Kier molecular flexibility index (Phi) is 7.30. The molecule has 0 aliphatic heterocycles. The molecule has 0 radical (unpaired) electrons. The van der Waals surface area contributed by atoms with Crippen LogP contribution in [0.5, 0.6) is 0 Å². The fourth-order valence-corrected chi connectivity index (χ4v) is 14.2. The van der Waals surface area contributed by atoms with Gasteiger partial charge in [-0.15, -0.1) is 0 Å². The first-order chi connectivity index (χ1) is 29.4. The molecule has 60 heavy (non-hydrogen) atoms. The van der Waals surface area contributed by atoms with Crippen LogP contribution in [0.1, 0.15) is 85.8 Å². The summed E-state index contributed by atoms with van der Waals surface area (Å²) in [4.78, 5) is 2.51. The number of fused-ring (bicyclic) bond motifs is 5. The monoisotopic (exact) mass is 773 g/mol. The molecule has 2 bridgehead atoms. The van der Waals surface area contributed by atoms with Gasteiger partial charge in [-0.2, -0.15) is 0 Å². The van der Waals surface area contributed by atoms with Crippen molar-refractivity contribution in [3.63, 3.8) is 0 Å². The number of hydrogen-bond donors (Lipinski definition) is 0. The molecule has 0 amide bonds. The molecule has 1 nitrogen and oxygen atoms in total. The maximum absolute atomic E-state index is 2.52. The largest absolute Gasteiger partial charge is 0.310 e. The smallest absolute Gasteiger partial charge is 0.0540 e. The summed E-state index contributed by atoms with van der Waals surface area (Å²) >= 11 is 0. The summed E-state index contributed by atoms with van der Waals surface area (Å²) in [5, 5.41) is 0. The van der Waals surface area contributed by atoms with E-state index in [0.717, 1.165) is 36.3 Å². The number of aryl methyl sites for hydroxylation is 1. The summed E-state index contributed by atoms with van der Waals surface area (Å²) in [5.74, 6) is 2.97. The van der Waals surface area contributed by atoms with E-state index in [1.54, 1.807) is 5.56 Å². The van der Waals surface area contributed by atoms with Gasteiger partial charge in [0.1, 0.15) is 0 Å². The van der Waals surface area contributed by atoms with Gasteiger partial charge in [0, 0.05) is 27.8 Å². The molecular weight excluding hydrogens is 723 g/mol. The second-order valence-electron chi connectivity index (χ2n) is 19.7. The van der Waals surface area contributed by atoms with Crippen molar-refractivity contribution in [1.82, 2.24) is 0 Å². The van der Waals surface area contributed by atoms with E-state index in [2.05, 4.69) is 189 Å². The standard InChI is InChI=1S/C59H51N/c1-57(2)54-18-9-8-16-51(54)52-29-28-48(34-55(52)57)60(47-26-21-42(22-27-47)50-17-10-14-40-13-6-7-15-49(40)50)56-30-23-43(32-53(56)41-11-4-3-5-12-41)39-19-24-44(25-20-39)58-35-38-31-45-33-46(37-58)59(45,58)36-38/h3-9,11-13,15-30,32,34,38,45-46H,10,14,31,33,35-37H2,1-2H3. The third-order valence-corrected chi connectivity index (χ3v) is 16.8.